The normalized spacial score (nSPS) is 50.5. The number of carbonyl (C=O) groups is 3. The molecule has 37 heavy (non-hydrogen) atoms. The summed E-state index contributed by atoms with van der Waals surface area (Å²) in [6.07, 6.45) is 8.65. The summed E-state index contributed by atoms with van der Waals surface area (Å²) in [5.41, 5.74) is -0.378. The molecule has 0 saturated heterocycles. The fraction of sp³-hybridized carbons (Fsp3) is 0.844. The van der Waals surface area contributed by atoms with Gasteiger partial charge in [0.15, 0.2) is 5.78 Å². The van der Waals surface area contributed by atoms with Crippen molar-refractivity contribution >= 4 is 17.7 Å². The summed E-state index contributed by atoms with van der Waals surface area (Å²) < 4.78 is 5.82. The molecule has 0 aliphatic heterocycles. The number of esters is 1. The van der Waals surface area contributed by atoms with E-state index in [0.717, 1.165) is 44.1 Å². The van der Waals surface area contributed by atoms with Gasteiger partial charge in [0.1, 0.15) is 6.10 Å². The van der Waals surface area contributed by atoms with Crippen LogP contribution in [0.2, 0.25) is 0 Å². The van der Waals surface area contributed by atoms with E-state index >= 15 is 0 Å². The summed E-state index contributed by atoms with van der Waals surface area (Å²) in [7, 11) is 0. The van der Waals surface area contributed by atoms with Crippen LogP contribution in [0.15, 0.2) is 11.6 Å². The third-order valence-corrected chi connectivity index (χ3v) is 13.4. The van der Waals surface area contributed by atoms with Crippen molar-refractivity contribution < 1.29 is 24.2 Å². The maximum atomic E-state index is 14.4. The van der Waals surface area contributed by atoms with E-state index in [-0.39, 0.29) is 63.2 Å². The molecule has 5 aliphatic carbocycles. The van der Waals surface area contributed by atoms with Crippen LogP contribution in [-0.2, 0) is 19.1 Å². The Morgan fingerprint density at radius 2 is 1.62 bits per heavy atom. The zero-order valence-electron chi connectivity index (χ0n) is 24.3. The molecule has 1 N–H and O–H groups in total. The molecule has 0 aromatic rings. The van der Waals surface area contributed by atoms with Gasteiger partial charge in [-0.05, 0) is 97.4 Å². The van der Waals surface area contributed by atoms with Gasteiger partial charge in [-0.3, -0.25) is 14.4 Å². The first-order valence-corrected chi connectivity index (χ1v) is 14.7. The average Bonchev–Trinajstić information content (AvgIpc) is 2.79. The molecule has 5 heteroatoms. The Balaban J connectivity index is 1.62. The van der Waals surface area contributed by atoms with Crippen molar-refractivity contribution in [2.75, 3.05) is 0 Å². The second-order valence-electron chi connectivity index (χ2n) is 15.1. The van der Waals surface area contributed by atoms with Gasteiger partial charge < -0.3 is 9.84 Å². The van der Waals surface area contributed by atoms with Gasteiger partial charge in [0.2, 0.25) is 0 Å². The Labute approximate surface area is 223 Å². The van der Waals surface area contributed by atoms with E-state index in [9.17, 15) is 19.5 Å². The van der Waals surface area contributed by atoms with Gasteiger partial charge in [-0.2, -0.15) is 0 Å². The van der Waals surface area contributed by atoms with Crippen LogP contribution in [0.5, 0.6) is 0 Å². The van der Waals surface area contributed by atoms with Gasteiger partial charge in [-0.15, -0.1) is 0 Å². The number of fused-ring (bicyclic) bond motifs is 7. The van der Waals surface area contributed by atoms with Crippen LogP contribution in [0.3, 0.4) is 0 Å². The van der Waals surface area contributed by atoms with Gasteiger partial charge >= 0.3 is 11.9 Å². The number of hydrogen-bond donors (Lipinski definition) is 1. The molecule has 4 saturated carbocycles. The lowest BCUT2D eigenvalue weighted by Gasteiger charge is -2.70. The number of carbonyl (C=O) groups excluding carboxylic acids is 2. The molecule has 0 heterocycles. The third kappa shape index (κ3) is 3.30. The van der Waals surface area contributed by atoms with E-state index in [4.69, 9.17) is 4.74 Å². The highest BCUT2D eigenvalue weighted by atomic mass is 16.5. The summed E-state index contributed by atoms with van der Waals surface area (Å²) in [6, 6.07) is 0. The molecule has 5 aliphatic rings. The molecule has 0 bridgehead atoms. The minimum absolute atomic E-state index is 0.0732. The lowest BCUT2D eigenvalue weighted by atomic mass is 9.33. The highest BCUT2D eigenvalue weighted by Gasteiger charge is 2.71. The smallest absolute Gasteiger partial charge is 0.310 e. The second-order valence-corrected chi connectivity index (χ2v) is 15.1. The van der Waals surface area contributed by atoms with Crippen molar-refractivity contribution in [3.05, 3.63) is 11.6 Å². The van der Waals surface area contributed by atoms with Crippen LogP contribution in [0, 0.1) is 56.7 Å². The summed E-state index contributed by atoms with van der Waals surface area (Å²) in [5.74, 6) is 0.135. The van der Waals surface area contributed by atoms with Crippen LogP contribution in [0.1, 0.15) is 107 Å². The minimum atomic E-state index is -0.744. The van der Waals surface area contributed by atoms with Gasteiger partial charge in [-0.1, -0.05) is 54.0 Å². The van der Waals surface area contributed by atoms with E-state index in [0.29, 0.717) is 18.8 Å². The average molecular weight is 513 g/mol. The Bertz CT molecular complexity index is 1060. The van der Waals surface area contributed by atoms with Gasteiger partial charge in [0.25, 0.3) is 0 Å². The molecule has 5 rings (SSSR count). The van der Waals surface area contributed by atoms with Crippen LogP contribution >= 0.6 is 0 Å². The lowest BCUT2D eigenvalue weighted by Crippen LogP contribution is -2.67. The topological polar surface area (TPSA) is 80.7 Å². The maximum Gasteiger partial charge on any atom is 0.310 e. The molecular formula is C32H48O5. The van der Waals surface area contributed by atoms with Crippen LogP contribution < -0.4 is 0 Å². The number of allylic oxidation sites excluding steroid dienone is 2. The molecule has 0 spiro atoms. The number of ether oxygens (including phenoxy) is 1. The van der Waals surface area contributed by atoms with Gasteiger partial charge in [0.05, 0.1) is 5.41 Å². The fourth-order valence-corrected chi connectivity index (χ4v) is 11.1. The van der Waals surface area contributed by atoms with Crippen LogP contribution in [-0.4, -0.2) is 28.9 Å². The number of hydrogen-bond acceptors (Lipinski definition) is 4. The molecule has 0 aromatic carbocycles. The Morgan fingerprint density at radius 1 is 0.946 bits per heavy atom. The molecule has 4 fully saturated rings. The number of carboxylic acid groups (broad SMARTS) is 1. The van der Waals surface area contributed by atoms with E-state index in [1.165, 1.54) is 6.92 Å². The first kappa shape index (κ1) is 26.9. The summed E-state index contributed by atoms with van der Waals surface area (Å²) in [4.78, 5) is 39.1. The Kier molecular flexibility index (Phi) is 5.95. The van der Waals surface area contributed by atoms with E-state index in [2.05, 4.69) is 48.5 Å². The van der Waals surface area contributed by atoms with E-state index in [1.807, 2.05) is 6.08 Å². The van der Waals surface area contributed by atoms with Crippen molar-refractivity contribution in [2.45, 2.75) is 113 Å². The standard InChI is InChI=1S/C32H48O5/c1-18-9-14-32(27(35)36)16-15-30(7)21(25(32)19(18)2)17-22(34)26-29(6)12-11-24(37-20(3)33)28(4,5)23(29)10-13-31(26,30)8/h17-19,23-26H,9-16H2,1-8H3,(H,35,36)/t18-,19+,23+,24+,25-,26+,29+,30-,31-,32+/m1/s1. The van der Waals surface area contributed by atoms with Crippen molar-refractivity contribution in [3.63, 3.8) is 0 Å². The zero-order chi connectivity index (χ0) is 27.3. The Hall–Kier alpha value is -1.65. The summed E-state index contributed by atoms with van der Waals surface area (Å²) in [5, 5.41) is 10.6. The molecule has 0 radical (unpaired) electrons. The van der Waals surface area contributed by atoms with Gasteiger partial charge in [-0.25, -0.2) is 0 Å². The SMILES string of the molecule is CC(=O)O[C@H]1CC[C@@]2(C)[C@@H](CC[C@]3(C)[C@H]2C(=O)C=C2[C@H]4[C@@H](C)[C@H](C)CC[C@]4(C(=O)O)CC[C@]23C)C1(C)C. The highest BCUT2D eigenvalue weighted by molar-refractivity contribution is 5.96. The third-order valence-electron chi connectivity index (χ3n) is 13.4. The fourth-order valence-electron chi connectivity index (χ4n) is 11.1. The number of carboxylic acids is 1. The molecule has 10 atom stereocenters. The first-order chi connectivity index (χ1) is 17.1. The minimum Gasteiger partial charge on any atom is -0.481 e. The molecule has 0 aromatic heterocycles. The molecule has 206 valence electrons. The lowest BCUT2D eigenvalue weighted by molar-refractivity contribution is -0.212. The molecule has 5 nitrogen and oxygen atoms in total. The van der Waals surface area contributed by atoms with Crippen LogP contribution in [0.25, 0.3) is 0 Å². The van der Waals surface area contributed by atoms with Crippen molar-refractivity contribution in [2.24, 2.45) is 56.7 Å². The predicted molar refractivity (Wildman–Crippen MR) is 143 cm³/mol. The molecule has 0 amide bonds. The highest BCUT2D eigenvalue weighted by Crippen LogP contribution is 2.75. The predicted octanol–water partition coefficient (Wildman–Crippen LogP) is 6.84. The zero-order valence-corrected chi connectivity index (χ0v) is 24.3. The number of rotatable bonds is 2. The first-order valence-electron chi connectivity index (χ1n) is 14.7. The van der Waals surface area contributed by atoms with E-state index < -0.39 is 11.4 Å². The van der Waals surface area contributed by atoms with Crippen LogP contribution in [0.4, 0.5) is 0 Å². The van der Waals surface area contributed by atoms with Crippen molar-refractivity contribution in [3.8, 4) is 0 Å². The molecule has 0 unspecified atom stereocenters. The molecular weight excluding hydrogens is 464 g/mol. The maximum absolute atomic E-state index is 14.4. The summed E-state index contributed by atoms with van der Waals surface area (Å²) in [6.45, 7) is 17.5. The summed E-state index contributed by atoms with van der Waals surface area (Å²) >= 11 is 0. The monoisotopic (exact) mass is 512 g/mol. The largest absolute Gasteiger partial charge is 0.481 e. The van der Waals surface area contributed by atoms with Crippen molar-refractivity contribution in [1.29, 1.82) is 0 Å². The van der Waals surface area contributed by atoms with Gasteiger partial charge in [0, 0.05) is 18.3 Å². The van der Waals surface area contributed by atoms with E-state index in [1.54, 1.807) is 0 Å². The number of ketones is 1. The number of aliphatic carboxylic acids is 1. The quantitative estimate of drug-likeness (QED) is 0.410. The van der Waals surface area contributed by atoms with Crippen molar-refractivity contribution in [1.82, 2.24) is 0 Å². The second kappa shape index (κ2) is 8.18. The Morgan fingerprint density at radius 3 is 2.24 bits per heavy atom.